The van der Waals surface area contributed by atoms with E-state index in [2.05, 4.69) is 16.2 Å². The number of carbonyl (C=O) groups is 1. The van der Waals surface area contributed by atoms with Crippen molar-refractivity contribution >= 4 is 5.91 Å². The lowest BCUT2D eigenvalue weighted by Gasteiger charge is -2.33. The molecule has 3 rings (SSSR count). The van der Waals surface area contributed by atoms with E-state index in [4.69, 9.17) is 4.74 Å². The average Bonchev–Trinajstić information content (AvgIpc) is 3.05. The van der Waals surface area contributed by atoms with Crippen LogP contribution in [0.25, 0.3) is 0 Å². The van der Waals surface area contributed by atoms with Gasteiger partial charge >= 0.3 is 0 Å². The second-order valence-electron chi connectivity index (χ2n) is 6.19. The highest BCUT2D eigenvalue weighted by Gasteiger charge is 2.42. The zero-order valence-electron chi connectivity index (χ0n) is 12.9. The molecule has 0 spiro atoms. The number of amides is 1. The van der Waals surface area contributed by atoms with E-state index in [1.807, 2.05) is 22.8 Å². The molecule has 0 unspecified atom stereocenters. The van der Waals surface area contributed by atoms with Crippen molar-refractivity contribution in [2.45, 2.75) is 13.0 Å². The van der Waals surface area contributed by atoms with Gasteiger partial charge in [-0.3, -0.25) is 14.4 Å². The van der Waals surface area contributed by atoms with Crippen LogP contribution in [-0.2, 0) is 23.1 Å². The molecule has 0 aliphatic carbocycles. The van der Waals surface area contributed by atoms with E-state index >= 15 is 0 Å². The minimum Gasteiger partial charge on any atom is -0.383 e. The molecule has 6 heteroatoms. The lowest BCUT2D eigenvalue weighted by Crippen LogP contribution is -2.46. The molecule has 2 aliphatic heterocycles. The van der Waals surface area contributed by atoms with Crippen molar-refractivity contribution in [1.82, 2.24) is 19.6 Å². The van der Waals surface area contributed by atoms with Gasteiger partial charge in [0.25, 0.3) is 0 Å². The Hall–Kier alpha value is -1.40. The van der Waals surface area contributed by atoms with E-state index < -0.39 is 0 Å². The van der Waals surface area contributed by atoms with Gasteiger partial charge in [-0.2, -0.15) is 5.10 Å². The van der Waals surface area contributed by atoms with Crippen LogP contribution in [0.4, 0.5) is 0 Å². The molecule has 0 saturated carbocycles. The number of nitrogens with zero attached hydrogens (tertiary/aromatic N) is 4. The summed E-state index contributed by atoms with van der Waals surface area (Å²) in [4.78, 5) is 16.9. The summed E-state index contributed by atoms with van der Waals surface area (Å²) in [6.07, 6.45) is 5.08. The molecule has 2 saturated heterocycles. The van der Waals surface area contributed by atoms with Crippen LogP contribution in [0.5, 0.6) is 0 Å². The van der Waals surface area contributed by atoms with Gasteiger partial charge in [-0.1, -0.05) is 0 Å². The second kappa shape index (κ2) is 6.15. The van der Waals surface area contributed by atoms with Crippen LogP contribution in [0.15, 0.2) is 12.4 Å². The van der Waals surface area contributed by atoms with Crippen LogP contribution >= 0.6 is 0 Å². The Morgan fingerprint density at radius 1 is 1.43 bits per heavy atom. The molecule has 0 aromatic carbocycles. The molecular weight excluding hydrogens is 268 g/mol. The van der Waals surface area contributed by atoms with E-state index in [0.717, 1.165) is 39.1 Å². The predicted octanol–water partition coefficient (Wildman–Crippen LogP) is 0.347. The topological polar surface area (TPSA) is 50.6 Å². The molecule has 0 N–H and O–H groups in total. The van der Waals surface area contributed by atoms with Gasteiger partial charge in [-0.15, -0.1) is 0 Å². The van der Waals surface area contributed by atoms with Crippen LogP contribution in [0, 0.1) is 11.8 Å². The summed E-state index contributed by atoms with van der Waals surface area (Å²) in [5.41, 5.74) is 1.22. The van der Waals surface area contributed by atoms with Crippen molar-refractivity contribution < 1.29 is 9.53 Å². The summed E-state index contributed by atoms with van der Waals surface area (Å²) in [7, 11) is 3.62. The van der Waals surface area contributed by atoms with Gasteiger partial charge in [0.2, 0.25) is 5.91 Å². The number of piperidine rings is 1. The number of methoxy groups -OCH3 is 1. The normalized spacial score (nSPS) is 26.4. The predicted molar refractivity (Wildman–Crippen MR) is 78.5 cm³/mol. The van der Waals surface area contributed by atoms with E-state index in [0.29, 0.717) is 18.4 Å². The molecule has 21 heavy (non-hydrogen) atoms. The van der Waals surface area contributed by atoms with Gasteiger partial charge in [0.15, 0.2) is 0 Å². The number of rotatable bonds is 5. The monoisotopic (exact) mass is 292 g/mol. The van der Waals surface area contributed by atoms with Gasteiger partial charge in [-0.05, 0) is 12.3 Å². The quantitative estimate of drug-likeness (QED) is 0.786. The molecule has 116 valence electrons. The van der Waals surface area contributed by atoms with Gasteiger partial charge in [0, 0.05) is 58.6 Å². The molecule has 1 aromatic rings. The Morgan fingerprint density at radius 2 is 2.29 bits per heavy atom. The largest absolute Gasteiger partial charge is 0.383 e. The molecular formula is C15H24N4O2. The van der Waals surface area contributed by atoms with Gasteiger partial charge in [-0.25, -0.2) is 0 Å². The van der Waals surface area contributed by atoms with Crippen molar-refractivity contribution in [3.8, 4) is 0 Å². The minimum absolute atomic E-state index is 0.173. The summed E-state index contributed by atoms with van der Waals surface area (Å²) < 4.78 is 6.92. The first-order chi connectivity index (χ1) is 10.2. The fourth-order valence-electron chi connectivity index (χ4n) is 3.56. The summed E-state index contributed by atoms with van der Waals surface area (Å²) in [6.45, 7) is 5.03. The van der Waals surface area contributed by atoms with Crippen LogP contribution in [0.1, 0.15) is 12.0 Å². The fraction of sp³-hybridized carbons (Fsp3) is 0.733. The van der Waals surface area contributed by atoms with Crippen molar-refractivity contribution in [1.29, 1.82) is 0 Å². The highest BCUT2D eigenvalue weighted by molar-refractivity contribution is 5.80. The molecule has 1 aromatic heterocycles. The standard InChI is InChI=1S/C15H24N4O2/c1-17-8-12(7-16-17)9-18-10-13-3-4-19(5-6-21-2)15(20)14(13)11-18/h7-8,13-14H,3-6,9-11H2,1-2H3/t13-,14-/m0/s1. The Morgan fingerprint density at radius 3 is 3.00 bits per heavy atom. The highest BCUT2D eigenvalue weighted by Crippen LogP contribution is 2.32. The number of hydrogen-bond donors (Lipinski definition) is 0. The van der Waals surface area contributed by atoms with Crippen molar-refractivity contribution in [3.63, 3.8) is 0 Å². The highest BCUT2D eigenvalue weighted by atomic mass is 16.5. The number of ether oxygens (including phenoxy) is 1. The van der Waals surface area contributed by atoms with Crippen LogP contribution in [-0.4, -0.2) is 65.4 Å². The Balaban J connectivity index is 1.58. The maximum Gasteiger partial charge on any atom is 0.227 e. The van der Waals surface area contributed by atoms with Crippen LogP contribution in [0.3, 0.4) is 0 Å². The Kier molecular flexibility index (Phi) is 4.26. The summed E-state index contributed by atoms with van der Waals surface area (Å²) in [5.74, 6) is 1.01. The first kappa shape index (κ1) is 14.5. The molecule has 2 atom stereocenters. The summed E-state index contributed by atoms with van der Waals surface area (Å²) >= 11 is 0. The van der Waals surface area contributed by atoms with Crippen molar-refractivity contribution in [3.05, 3.63) is 18.0 Å². The number of aromatic nitrogens is 2. The lowest BCUT2D eigenvalue weighted by molar-refractivity contribution is -0.140. The van der Waals surface area contributed by atoms with E-state index in [1.165, 1.54) is 5.56 Å². The number of fused-ring (bicyclic) bond motifs is 1. The number of likely N-dealkylation sites (tertiary alicyclic amines) is 2. The lowest BCUT2D eigenvalue weighted by atomic mass is 9.88. The van der Waals surface area contributed by atoms with Crippen molar-refractivity contribution in [2.75, 3.05) is 39.9 Å². The minimum atomic E-state index is 0.173. The number of carbonyl (C=O) groups excluding carboxylic acids is 1. The first-order valence-corrected chi connectivity index (χ1v) is 7.65. The van der Waals surface area contributed by atoms with Gasteiger partial charge in [0.1, 0.15) is 0 Å². The zero-order valence-corrected chi connectivity index (χ0v) is 12.9. The van der Waals surface area contributed by atoms with Gasteiger partial charge < -0.3 is 9.64 Å². The second-order valence-corrected chi connectivity index (χ2v) is 6.19. The van der Waals surface area contributed by atoms with E-state index in [1.54, 1.807) is 7.11 Å². The maximum atomic E-state index is 12.5. The summed E-state index contributed by atoms with van der Waals surface area (Å²) in [5, 5.41) is 4.21. The summed E-state index contributed by atoms with van der Waals surface area (Å²) in [6, 6.07) is 0. The molecule has 6 nitrogen and oxygen atoms in total. The Labute approximate surface area is 125 Å². The van der Waals surface area contributed by atoms with Gasteiger partial charge in [0.05, 0.1) is 18.7 Å². The average molecular weight is 292 g/mol. The third-order valence-electron chi connectivity index (χ3n) is 4.65. The first-order valence-electron chi connectivity index (χ1n) is 7.65. The molecule has 2 fully saturated rings. The maximum absolute atomic E-state index is 12.5. The van der Waals surface area contributed by atoms with Crippen LogP contribution < -0.4 is 0 Å². The number of hydrogen-bond acceptors (Lipinski definition) is 4. The van der Waals surface area contributed by atoms with Crippen LogP contribution in [0.2, 0.25) is 0 Å². The molecule has 3 heterocycles. The molecule has 0 bridgehead atoms. The smallest absolute Gasteiger partial charge is 0.227 e. The zero-order chi connectivity index (χ0) is 14.8. The Bertz CT molecular complexity index is 502. The molecule has 1 amide bonds. The molecule has 2 aliphatic rings. The van der Waals surface area contributed by atoms with E-state index in [9.17, 15) is 4.79 Å². The molecule has 0 radical (unpaired) electrons. The third-order valence-corrected chi connectivity index (χ3v) is 4.65. The fourth-order valence-corrected chi connectivity index (χ4v) is 3.56. The SMILES string of the molecule is COCCN1CC[C@H]2CN(Cc3cnn(C)c3)C[C@@H]2C1=O. The number of aryl methyl sites for hydroxylation is 1. The van der Waals surface area contributed by atoms with Crippen molar-refractivity contribution in [2.24, 2.45) is 18.9 Å². The van der Waals surface area contributed by atoms with E-state index in [-0.39, 0.29) is 5.92 Å². The third kappa shape index (κ3) is 3.11.